The zero-order valence-electron chi connectivity index (χ0n) is 14.6. The van der Waals surface area contributed by atoms with Crippen LogP contribution in [0.5, 0.6) is 5.75 Å². The molecule has 25 heavy (non-hydrogen) atoms. The zero-order valence-corrected chi connectivity index (χ0v) is 15.4. The summed E-state index contributed by atoms with van der Waals surface area (Å²) in [7, 11) is 0. The van der Waals surface area contributed by atoms with Crippen LogP contribution in [-0.2, 0) is 9.53 Å². The molecule has 0 aromatic heterocycles. The molecule has 1 aromatic carbocycles. The fourth-order valence-electron chi connectivity index (χ4n) is 3.51. The normalized spacial score (nSPS) is 23.6. The Labute approximate surface area is 153 Å². The third-order valence-corrected chi connectivity index (χ3v) is 4.83. The molecule has 1 aromatic rings. The second kappa shape index (κ2) is 7.89. The van der Waals surface area contributed by atoms with Gasteiger partial charge >= 0.3 is 0 Å². The monoisotopic (exact) mass is 372 g/mol. The van der Waals surface area contributed by atoms with Crippen molar-refractivity contribution in [2.75, 3.05) is 13.2 Å². The zero-order chi connectivity index (χ0) is 17.3. The molecule has 2 unspecified atom stereocenters. The third kappa shape index (κ3) is 4.63. The van der Waals surface area contributed by atoms with E-state index in [9.17, 15) is 9.18 Å². The first kappa shape index (κ1) is 19.9. The summed E-state index contributed by atoms with van der Waals surface area (Å²) in [5.74, 6) is 0.103. The maximum absolute atomic E-state index is 13.5. The van der Waals surface area contributed by atoms with Crippen molar-refractivity contribution >= 4 is 18.3 Å². The van der Waals surface area contributed by atoms with Gasteiger partial charge in [-0.2, -0.15) is 0 Å². The van der Waals surface area contributed by atoms with E-state index in [4.69, 9.17) is 15.2 Å². The summed E-state index contributed by atoms with van der Waals surface area (Å²) >= 11 is 0. The molecule has 2 aliphatic rings. The Bertz CT molecular complexity index is 620. The van der Waals surface area contributed by atoms with Crippen molar-refractivity contribution in [1.29, 1.82) is 0 Å². The highest BCUT2D eigenvalue weighted by Gasteiger charge is 2.36. The molecule has 0 saturated carbocycles. The van der Waals surface area contributed by atoms with Gasteiger partial charge < -0.3 is 20.5 Å². The van der Waals surface area contributed by atoms with E-state index in [2.05, 4.69) is 5.32 Å². The first-order valence-corrected chi connectivity index (χ1v) is 8.48. The number of rotatable bonds is 3. The minimum Gasteiger partial charge on any atom is -0.487 e. The molecule has 0 aliphatic carbocycles. The molecule has 140 valence electrons. The number of halogens is 2. The van der Waals surface area contributed by atoms with Gasteiger partial charge in [0.15, 0.2) is 0 Å². The Morgan fingerprint density at radius 3 is 2.72 bits per heavy atom. The van der Waals surface area contributed by atoms with Crippen molar-refractivity contribution in [3.8, 4) is 5.75 Å². The van der Waals surface area contributed by atoms with Crippen LogP contribution in [0.25, 0.3) is 0 Å². The van der Waals surface area contributed by atoms with E-state index < -0.39 is 11.6 Å². The summed E-state index contributed by atoms with van der Waals surface area (Å²) in [4.78, 5) is 12.6. The van der Waals surface area contributed by atoms with Gasteiger partial charge in [0.25, 0.3) is 0 Å². The van der Waals surface area contributed by atoms with Crippen molar-refractivity contribution in [2.24, 2.45) is 11.7 Å². The third-order valence-electron chi connectivity index (χ3n) is 4.83. The van der Waals surface area contributed by atoms with Crippen molar-refractivity contribution in [3.05, 3.63) is 29.6 Å². The maximum Gasteiger partial charge on any atom is 0.237 e. The summed E-state index contributed by atoms with van der Waals surface area (Å²) in [5, 5.41) is 3.04. The van der Waals surface area contributed by atoms with Gasteiger partial charge in [-0.3, -0.25) is 4.79 Å². The van der Waals surface area contributed by atoms with Crippen LogP contribution in [0.2, 0.25) is 0 Å². The number of carbonyl (C=O) groups is 1. The van der Waals surface area contributed by atoms with Gasteiger partial charge in [0, 0.05) is 31.3 Å². The van der Waals surface area contributed by atoms with Gasteiger partial charge in [-0.1, -0.05) is 6.07 Å². The van der Waals surface area contributed by atoms with Crippen LogP contribution in [0.3, 0.4) is 0 Å². The van der Waals surface area contributed by atoms with Crippen molar-refractivity contribution in [3.63, 3.8) is 0 Å². The van der Waals surface area contributed by atoms with Gasteiger partial charge in [0.2, 0.25) is 5.91 Å². The largest absolute Gasteiger partial charge is 0.487 e. The van der Waals surface area contributed by atoms with Crippen LogP contribution >= 0.6 is 12.4 Å². The minimum atomic E-state index is -0.552. The summed E-state index contributed by atoms with van der Waals surface area (Å²) in [6.45, 7) is 5.16. The number of benzene rings is 1. The minimum absolute atomic E-state index is 0. The standard InChI is InChI=1S/C18H25FN2O3.ClH/c1-18(2)10-14(13-4-3-12(19)9-15(13)24-18)21-17(22)16(20)11-5-7-23-8-6-11;/h3-4,9,11,14,16H,5-8,10,20H2,1-2H3,(H,21,22);1H. The van der Waals surface area contributed by atoms with Crippen LogP contribution in [0.15, 0.2) is 18.2 Å². The molecule has 1 fully saturated rings. The second-order valence-electron chi connectivity index (χ2n) is 7.28. The van der Waals surface area contributed by atoms with Gasteiger partial charge in [0.05, 0.1) is 12.1 Å². The van der Waals surface area contributed by atoms with Crippen LogP contribution in [0.1, 0.15) is 44.7 Å². The number of hydrogen-bond donors (Lipinski definition) is 2. The maximum atomic E-state index is 13.5. The number of fused-ring (bicyclic) bond motifs is 1. The first-order valence-electron chi connectivity index (χ1n) is 8.48. The quantitative estimate of drug-likeness (QED) is 0.855. The van der Waals surface area contributed by atoms with E-state index in [1.165, 1.54) is 12.1 Å². The molecular weight excluding hydrogens is 347 g/mol. The molecular formula is C18H26ClFN2O3. The predicted octanol–water partition coefficient (Wildman–Crippen LogP) is 2.72. The molecule has 0 radical (unpaired) electrons. The highest BCUT2D eigenvalue weighted by molar-refractivity contribution is 5.85. The summed E-state index contributed by atoms with van der Waals surface area (Å²) in [5.41, 5.74) is 6.47. The Hall–Kier alpha value is -1.37. The van der Waals surface area contributed by atoms with Gasteiger partial charge in [-0.15, -0.1) is 12.4 Å². The lowest BCUT2D eigenvalue weighted by molar-refractivity contribution is -0.125. The highest BCUT2D eigenvalue weighted by atomic mass is 35.5. The average Bonchev–Trinajstić information content (AvgIpc) is 2.53. The van der Waals surface area contributed by atoms with E-state index in [1.54, 1.807) is 6.07 Å². The summed E-state index contributed by atoms with van der Waals surface area (Å²) in [6.07, 6.45) is 2.21. The second-order valence-corrected chi connectivity index (χ2v) is 7.28. The molecule has 0 bridgehead atoms. The van der Waals surface area contributed by atoms with Crippen molar-refractivity contribution in [1.82, 2.24) is 5.32 Å². The lowest BCUT2D eigenvalue weighted by Crippen LogP contribution is -2.50. The number of amides is 1. The van der Waals surface area contributed by atoms with E-state index in [-0.39, 0.29) is 36.1 Å². The molecule has 0 spiro atoms. The molecule has 3 rings (SSSR count). The lowest BCUT2D eigenvalue weighted by Gasteiger charge is -2.38. The van der Waals surface area contributed by atoms with Crippen molar-refractivity contribution < 1.29 is 18.7 Å². The SMILES string of the molecule is CC1(C)CC(NC(=O)C(N)C2CCOCC2)c2ccc(F)cc2O1.Cl. The fourth-order valence-corrected chi connectivity index (χ4v) is 3.51. The Morgan fingerprint density at radius 2 is 2.04 bits per heavy atom. The predicted molar refractivity (Wildman–Crippen MR) is 95.4 cm³/mol. The highest BCUT2D eigenvalue weighted by Crippen LogP contribution is 2.39. The lowest BCUT2D eigenvalue weighted by atomic mass is 9.88. The summed E-state index contributed by atoms with van der Waals surface area (Å²) in [6, 6.07) is 3.64. The average molecular weight is 373 g/mol. The van der Waals surface area contributed by atoms with Crippen LogP contribution in [-0.4, -0.2) is 30.8 Å². The molecule has 5 nitrogen and oxygen atoms in total. The number of ether oxygens (including phenoxy) is 2. The fraction of sp³-hybridized carbons (Fsp3) is 0.611. The van der Waals surface area contributed by atoms with E-state index >= 15 is 0 Å². The topological polar surface area (TPSA) is 73.6 Å². The molecule has 1 amide bonds. The van der Waals surface area contributed by atoms with E-state index in [0.29, 0.717) is 25.4 Å². The molecule has 2 atom stereocenters. The van der Waals surface area contributed by atoms with Crippen LogP contribution < -0.4 is 15.8 Å². The number of nitrogens with one attached hydrogen (secondary N) is 1. The van der Waals surface area contributed by atoms with Crippen molar-refractivity contribution in [2.45, 2.75) is 50.8 Å². The van der Waals surface area contributed by atoms with E-state index in [1.807, 2.05) is 13.8 Å². The Morgan fingerprint density at radius 1 is 1.36 bits per heavy atom. The van der Waals surface area contributed by atoms with Crippen LogP contribution in [0.4, 0.5) is 4.39 Å². The van der Waals surface area contributed by atoms with E-state index in [0.717, 1.165) is 18.4 Å². The molecule has 3 N–H and O–H groups in total. The number of carbonyl (C=O) groups excluding carboxylic acids is 1. The van der Waals surface area contributed by atoms with Crippen LogP contribution in [0, 0.1) is 11.7 Å². The molecule has 2 aliphatic heterocycles. The smallest absolute Gasteiger partial charge is 0.237 e. The summed E-state index contributed by atoms with van der Waals surface area (Å²) < 4.78 is 24.7. The van der Waals surface area contributed by atoms with Gasteiger partial charge in [-0.25, -0.2) is 4.39 Å². The number of nitrogens with two attached hydrogens (primary N) is 1. The molecule has 2 heterocycles. The van der Waals surface area contributed by atoms with Gasteiger partial charge in [0.1, 0.15) is 17.2 Å². The van der Waals surface area contributed by atoms with Gasteiger partial charge in [-0.05, 0) is 38.7 Å². The Balaban J connectivity index is 0.00000225. The molecule has 1 saturated heterocycles. The number of hydrogen-bond acceptors (Lipinski definition) is 4. The Kier molecular flexibility index (Phi) is 6.30. The first-order chi connectivity index (χ1) is 11.4. The molecule has 7 heteroatoms.